The number of methoxy groups -OCH3 is 1. The average Bonchev–Trinajstić information content (AvgIpc) is 3.25. The Kier molecular flexibility index (Phi) is 6.44. The second-order valence-corrected chi connectivity index (χ2v) is 8.96. The van der Waals surface area contributed by atoms with Crippen LogP contribution in [0.3, 0.4) is 0 Å². The Labute approximate surface area is 171 Å². The molecule has 1 fully saturated rings. The first-order valence-corrected chi connectivity index (χ1v) is 10.9. The first-order valence-electron chi connectivity index (χ1n) is 9.46. The van der Waals surface area contributed by atoms with Crippen molar-refractivity contribution in [2.75, 3.05) is 31.6 Å². The Morgan fingerprint density at radius 3 is 2.59 bits per heavy atom. The monoisotopic (exact) mass is 418 g/mol. The third-order valence-electron chi connectivity index (χ3n) is 5.04. The zero-order valence-electron chi connectivity index (χ0n) is 16.8. The fourth-order valence-corrected chi connectivity index (χ4v) is 4.49. The van der Waals surface area contributed by atoms with Crippen LogP contribution in [0.5, 0.6) is 5.75 Å². The average molecular weight is 419 g/mol. The quantitative estimate of drug-likeness (QED) is 0.747. The molecule has 29 heavy (non-hydrogen) atoms. The molecule has 7 nitrogen and oxygen atoms in total. The number of hydrogen-bond donors (Lipinski definition) is 1. The molecule has 2 aromatic carbocycles. The van der Waals surface area contributed by atoms with Crippen LogP contribution in [-0.2, 0) is 14.8 Å². The highest BCUT2D eigenvalue weighted by Crippen LogP contribution is 2.27. The van der Waals surface area contributed by atoms with Gasteiger partial charge < -0.3 is 14.8 Å². The standard InChI is InChI=1S/C21H26N2O5S/c1-15-6-7-16(21(24)22-14-18-5-4-12-28-18)13-20(15)23(2)29(25,26)19-10-8-17(27-3)9-11-19/h6-11,13,18H,4-5,12,14H2,1-3H3,(H,22,24). The number of anilines is 1. The summed E-state index contributed by atoms with van der Waals surface area (Å²) in [5.74, 6) is 0.324. The van der Waals surface area contributed by atoms with Gasteiger partial charge in [0.25, 0.3) is 15.9 Å². The fourth-order valence-electron chi connectivity index (χ4n) is 3.24. The first kappa shape index (κ1) is 21.1. The van der Waals surface area contributed by atoms with E-state index in [-0.39, 0.29) is 16.9 Å². The summed E-state index contributed by atoms with van der Waals surface area (Å²) in [6.07, 6.45) is 1.98. The summed E-state index contributed by atoms with van der Waals surface area (Å²) in [5, 5.41) is 2.86. The summed E-state index contributed by atoms with van der Waals surface area (Å²) in [6.45, 7) is 2.98. The Balaban J connectivity index is 1.81. The van der Waals surface area contributed by atoms with E-state index in [0.29, 0.717) is 23.5 Å². The number of carbonyl (C=O) groups is 1. The number of rotatable bonds is 7. The van der Waals surface area contributed by atoms with E-state index in [1.807, 2.05) is 6.92 Å². The van der Waals surface area contributed by atoms with Crippen molar-refractivity contribution in [3.63, 3.8) is 0 Å². The summed E-state index contributed by atoms with van der Waals surface area (Å²) in [4.78, 5) is 12.7. The zero-order valence-corrected chi connectivity index (χ0v) is 17.7. The molecule has 0 aliphatic carbocycles. The lowest BCUT2D eigenvalue weighted by Gasteiger charge is -2.22. The number of nitrogens with one attached hydrogen (secondary N) is 1. The molecule has 156 valence electrons. The molecule has 1 aliphatic rings. The van der Waals surface area contributed by atoms with E-state index in [2.05, 4.69) is 5.32 Å². The van der Waals surface area contributed by atoms with Crippen LogP contribution in [-0.4, -0.2) is 47.7 Å². The maximum absolute atomic E-state index is 13.0. The van der Waals surface area contributed by atoms with Crippen molar-refractivity contribution in [2.24, 2.45) is 0 Å². The predicted molar refractivity (Wildman–Crippen MR) is 111 cm³/mol. The number of carbonyl (C=O) groups excluding carboxylic acids is 1. The van der Waals surface area contributed by atoms with Gasteiger partial charge in [-0.25, -0.2) is 8.42 Å². The number of hydrogen-bond acceptors (Lipinski definition) is 5. The SMILES string of the molecule is COc1ccc(S(=O)(=O)N(C)c2cc(C(=O)NCC3CCCO3)ccc2C)cc1. The van der Waals surface area contributed by atoms with Crippen molar-refractivity contribution in [3.05, 3.63) is 53.6 Å². The Bertz CT molecular complexity index is 967. The van der Waals surface area contributed by atoms with E-state index in [9.17, 15) is 13.2 Å². The lowest BCUT2D eigenvalue weighted by atomic mass is 10.1. The Hall–Kier alpha value is -2.58. The number of ether oxygens (including phenoxy) is 2. The largest absolute Gasteiger partial charge is 0.497 e. The molecule has 0 aromatic heterocycles. The molecule has 1 atom stereocenters. The van der Waals surface area contributed by atoms with Crippen molar-refractivity contribution in [3.8, 4) is 5.75 Å². The third kappa shape index (κ3) is 4.71. The van der Waals surface area contributed by atoms with Crippen molar-refractivity contribution < 1.29 is 22.7 Å². The molecule has 1 saturated heterocycles. The molecule has 0 spiro atoms. The highest BCUT2D eigenvalue weighted by atomic mass is 32.2. The van der Waals surface area contributed by atoms with Crippen LogP contribution in [0.25, 0.3) is 0 Å². The molecular formula is C21H26N2O5S. The van der Waals surface area contributed by atoms with Gasteiger partial charge in [0.15, 0.2) is 0 Å². The number of sulfonamides is 1. The summed E-state index contributed by atoms with van der Waals surface area (Å²) in [6, 6.07) is 11.2. The van der Waals surface area contributed by atoms with Crippen molar-refractivity contribution in [1.82, 2.24) is 5.32 Å². The molecule has 1 heterocycles. The van der Waals surface area contributed by atoms with Gasteiger partial charge in [0.05, 0.1) is 23.8 Å². The number of aryl methyl sites for hydroxylation is 1. The number of nitrogens with zero attached hydrogens (tertiary/aromatic N) is 1. The minimum Gasteiger partial charge on any atom is -0.497 e. The van der Waals surface area contributed by atoms with Crippen molar-refractivity contribution in [1.29, 1.82) is 0 Å². The molecule has 0 bridgehead atoms. The first-order chi connectivity index (χ1) is 13.8. The molecule has 8 heteroatoms. The Morgan fingerprint density at radius 1 is 1.24 bits per heavy atom. The number of benzene rings is 2. The molecule has 0 radical (unpaired) electrons. The zero-order chi connectivity index (χ0) is 21.0. The highest BCUT2D eigenvalue weighted by molar-refractivity contribution is 7.92. The molecule has 0 saturated carbocycles. The summed E-state index contributed by atoms with van der Waals surface area (Å²) >= 11 is 0. The van der Waals surface area contributed by atoms with Crippen molar-refractivity contribution >= 4 is 21.6 Å². The van der Waals surface area contributed by atoms with E-state index in [0.717, 1.165) is 25.0 Å². The van der Waals surface area contributed by atoms with Gasteiger partial charge in [-0.15, -0.1) is 0 Å². The van der Waals surface area contributed by atoms with E-state index in [4.69, 9.17) is 9.47 Å². The molecule has 1 N–H and O–H groups in total. The van der Waals surface area contributed by atoms with E-state index >= 15 is 0 Å². The van der Waals surface area contributed by atoms with Gasteiger partial charge in [0.1, 0.15) is 5.75 Å². The van der Waals surface area contributed by atoms with Crippen LogP contribution >= 0.6 is 0 Å². The molecule has 1 unspecified atom stereocenters. The highest BCUT2D eigenvalue weighted by Gasteiger charge is 2.24. The van der Waals surface area contributed by atoms with Gasteiger partial charge in [-0.1, -0.05) is 6.07 Å². The number of amides is 1. The molecule has 1 amide bonds. The van der Waals surface area contributed by atoms with Crippen LogP contribution in [0.4, 0.5) is 5.69 Å². The maximum Gasteiger partial charge on any atom is 0.264 e. The lowest BCUT2D eigenvalue weighted by molar-refractivity contribution is 0.0858. The second kappa shape index (κ2) is 8.84. The van der Waals surface area contributed by atoms with Crippen LogP contribution < -0.4 is 14.4 Å². The topological polar surface area (TPSA) is 84.9 Å². The van der Waals surface area contributed by atoms with Crippen LogP contribution in [0.15, 0.2) is 47.4 Å². The minimum absolute atomic E-state index is 0.0435. The van der Waals surface area contributed by atoms with Gasteiger partial charge >= 0.3 is 0 Å². The summed E-state index contributed by atoms with van der Waals surface area (Å²) in [5.41, 5.74) is 1.60. The minimum atomic E-state index is -3.78. The summed E-state index contributed by atoms with van der Waals surface area (Å²) in [7, 11) is -0.777. The fraction of sp³-hybridized carbons (Fsp3) is 0.381. The molecule has 3 rings (SSSR count). The Morgan fingerprint density at radius 2 is 1.97 bits per heavy atom. The lowest BCUT2D eigenvalue weighted by Crippen LogP contribution is -2.32. The van der Waals surface area contributed by atoms with E-state index < -0.39 is 10.0 Å². The van der Waals surface area contributed by atoms with Crippen LogP contribution in [0, 0.1) is 6.92 Å². The van der Waals surface area contributed by atoms with Crippen LogP contribution in [0.2, 0.25) is 0 Å². The molecular weight excluding hydrogens is 392 g/mol. The second-order valence-electron chi connectivity index (χ2n) is 6.99. The predicted octanol–water partition coefficient (Wildman–Crippen LogP) is 2.74. The van der Waals surface area contributed by atoms with Gasteiger partial charge in [-0.3, -0.25) is 9.10 Å². The van der Waals surface area contributed by atoms with Gasteiger partial charge in [0, 0.05) is 25.8 Å². The van der Waals surface area contributed by atoms with E-state index in [1.54, 1.807) is 30.3 Å². The van der Waals surface area contributed by atoms with E-state index in [1.165, 1.54) is 30.6 Å². The van der Waals surface area contributed by atoms with Crippen LogP contribution in [0.1, 0.15) is 28.8 Å². The summed E-state index contributed by atoms with van der Waals surface area (Å²) < 4.78 is 37.9. The maximum atomic E-state index is 13.0. The molecule has 1 aliphatic heterocycles. The van der Waals surface area contributed by atoms with Gasteiger partial charge in [-0.2, -0.15) is 0 Å². The van der Waals surface area contributed by atoms with Crippen molar-refractivity contribution in [2.45, 2.75) is 30.8 Å². The van der Waals surface area contributed by atoms with Gasteiger partial charge in [-0.05, 0) is 61.7 Å². The third-order valence-corrected chi connectivity index (χ3v) is 6.83. The molecule has 2 aromatic rings. The van der Waals surface area contributed by atoms with Gasteiger partial charge in [0.2, 0.25) is 0 Å². The normalized spacial score (nSPS) is 16.4. The smallest absolute Gasteiger partial charge is 0.264 e.